The number of amidine groups is 1. The molecule has 4 nitrogen and oxygen atoms in total. The summed E-state index contributed by atoms with van der Waals surface area (Å²) in [5.74, 6) is 0.581. The molecule has 0 bridgehead atoms. The van der Waals surface area contributed by atoms with Gasteiger partial charge in [-0.05, 0) is 32.4 Å². The number of aromatic nitrogens is 1. The van der Waals surface area contributed by atoms with Gasteiger partial charge in [-0.15, -0.1) is 0 Å². The van der Waals surface area contributed by atoms with Crippen molar-refractivity contribution >= 4 is 11.7 Å². The molecule has 1 N–H and O–H groups in total. The van der Waals surface area contributed by atoms with Crippen molar-refractivity contribution < 1.29 is 4.79 Å². The summed E-state index contributed by atoms with van der Waals surface area (Å²) < 4.78 is 0. The van der Waals surface area contributed by atoms with Crippen molar-refractivity contribution in [2.24, 2.45) is 4.99 Å². The fraction of sp³-hybridized carbons (Fsp3) is 0.417. The first-order valence-electron chi connectivity index (χ1n) is 5.38. The molecule has 0 fully saturated rings. The Balaban J connectivity index is 2.05. The first-order chi connectivity index (χ1) is 7.57. The second-order valence-corrected chi connectivity index (χ2v) is 4.54. The van der Waals surface area contributed by atoms with Gasteiger partial charge in [-0.2, -0.15) is 0 Å². The topological polar surface area (TPSA) is 54.4 Å². The molecule has 0 unspecified atom stereocenters. The molecule has 84 valence electrons. The largest absolute Gasteiger partial charge is 0.309 e. The Labute approximate surface area is 94.8 Å². The Morgan fingerprint density at radius 1 is 1.44 bits per heavy atom. The monoisotopic (exact) mass is 217 g/mol. The SMILES string of the molecule is CC1(C)CCC(NC(=O)c2ccccn2)=N1. The summed E-state index contributed by atoms with van der Waals surface area (Å²) in [6.45, 7) is 4.12. The van der Waals surface area contributed by atoms with E-state index >= 15 is 0 Å². The summed E-state index contributed by atoms with van der Waals surface area (Å²) in [5, 5.41) is 2.80. The number of carbonyl (C=O) groups is 1. The van der Waals surface area contributed by atoms with Crippen molar-refractivity contribution in [1.29, 1.82) is 0 Å². The van der Waals surface area contributed by atoms with Crippen LogP contribution in [0.25, 0.3) is 0 Å². The van der Waals surface area contributed by atoms with Gasteiger partial charge in [0.15, 0.2) is 0 Å². The predicted octanol–water partition coefficient (Wildman–Crippen LogP) is 1.78. The van der Waals surface area contributed by atoms with Gasteiger partial charge in [0.1, 0.15) is 11.5 Å². The molecule has 0 radical (unpaired) electrons. The second kappa shape index (κ2) is 4.04. The zero-order valence-electron chi connectivity index (χ0n) is 9.53. The number of nitrogens with one attached hydrogen (secondary N) is 1. The normalized spacial score (nSPS) is 18.0. The van der Waals surface area contributed by atoms with E-state index in [1.165, 1.54) is 0 Å². The van der Waals surface area contributed by atoms with E-state index in [-0.39, 0.29) is 11.4 Å². The molecule has 0 aliphatic carbocycles. The number of pyridine rings is 1. The minimum Gasteiger partial charge on any atom is -0.309 e. The Hall–Kier alpha value is -1.71. The lowest BCUT2D eigenvalue weighted by atomic mass is 10.0. The molecule has 1 aliphatic rings. The van der Waals surface area contributed by atoms with Gasteiger partial charge in [0.2, 0.25) is 0 Å². The third-order valence-corrected chi connectivity index (χ3v) is 2.57. The smallest absolute Gasteiger partial charge is 0.275 e. The Bertz CT molecular complexity index is 423. The van der Waals surface area contributed by atoms with Crippen molar-refractivity contribution in [2.75, 3.05) is 0 Å². The van der Waals surface area contributed by atoms with Crippen LogP contribution in [0.3, 0.4) is 0 Å². The maximum absolute atomic E-state index is 11.8. The van der Waals surface area contributed by atoms with Gasteiger partial charge in [-0.1, -0.05) is 6.07 Å². The lowest BCUT2D eigenvalue weighted by Gasteiger charge is -2.10. The lowest BCUT2D eigenvalue weighted by Crippen LogP contribution is -2.29. The maximum Gasteiger partial charge on any atom is 0.275 e. The zero-order chi connectivity index (χ0) is 11.6. The molecule has 0 aromatic carbocycles. The van der Waals surface area contributed by atoms with E-state index in [1.807, 2.05) is 0 Å². The number of hydrogen-bond donors (Lipinski definition) is 1. The van der Waals surface area contributed by atoms with Crippen molar-refractivity contribution in [3.05, 3.63) is 30.1 Å². The highest BCUT2D eigenvalue weighted by atomic mass is 16.1. The number of carbonyl (C=O) groups excluding carboxylic acids is 1. The predicted molar refractivity (Wildman–Crippen MR) is 62.5 cm³/mol. The molecular formula is C12H15N3O. The van der Waals surface area contributed by atoms with E-state index < -0.39 is 0 Å². The first-order valence-corrected chi connectivity index (χ1v) is 5.38. The van der Waals surface area contributed by atoms with Gasteiger partial charge in [-0.25, -0.2) is 0 Å². The lowest BCUT2D eigenvalue weighted by molar-refractivity contribution is 0.0971. The minimum atomic E-state index is -0.183. The highest BCUT2D eigenvalue weighted by Crippen LogP contribution is 2.23. The van der Waals surface area contributed by atoms with Crippen LogP contribution in [0, 0.1) is 0 Å². The molecule has 0 saturated carbocycles. The third kappa shape index (κ3) is 2.45. The first kappa shape index (κ1) is 10.8. The van der Waals surface area contributed by atoms with Crippen molar-refractivity contribution in [3.8, 4) is 0 Å². The van der Waals surface area contributed by atoms with E-state index in [2.05, 4.69) is 29.1 Å². The maximum atomic E-state index is 11.8. The van der Waals surface area contributed by atoms with Crippen LogP contribution in [0.1, 0.15) is 37.2 Å². The van der Waals surface area contributed by atoms with Crippen molar-refractivity contribution in [1.82, 2.24) is 10.3 Å². The average molecular weight is 217 g/mol. The number of aliphatic imine (C=N–C) groups is 1. The van der Waals surface area contributed by atoms with Crippen LogP contribution < -0.4 is 5.32 Å². The third-order valence-electron chi connectivity index (χ3n) is 2.57. The molecule has 1 aromatic rings. The molecule has 1 amide bonds. The molecule has 16 heavy (non-hydrogen) atoms. The molecule has 0 spiro atoms. The van der Waals surface area contributed by atoms with E-state index in [4.69, 9.17) is 0 Å². The number of hydrogen-bond acceptors (Lipinski definition) is 3. The van der Waals surface area contributed by atoms with Gasteiger partial charge < -0.3 is 5.32 Å². The number of nitrogens with zero attached hydrogens (tertiary/aromatic N) is 2. The van der Waals surface area contributed by atoms with E-state index in [1.54, 1.807) is 24.4 Å². The van der Waals surface area contributed by atoms with Gasteiger partial charge in [0.05, 0.1) is 5.54 Å². The van der Waals surface area contributed by atoms with Gasteiger partial charge in [0, 0.05) is 12.6 Å². The molecule has 4 heteroatoms. The second-order valence-electron chi connectivity index (χ2n) is 4.54. The van der Waals surface area contributed by atoms with Crippen molar-refractivity contribution in [3.63, 3.8) is 0 Å². The van der Waals surface area contributed by atoms with Gasteiger partial charge in [0.25, 0.3) is 5.91 Å². The van der Waals surface area contributed by atoms with Crippen molar-refractivity contribution in [2.45, 2.75) is 32.2 Å². The van der Waals surface area contributed by atoms with E-state index in [0.29, 0.717) is 5.69 Å². The van der Waals surface area contributed by atoms with Crippen LogP contribution in [0.2, 0.25) is 0 Å². The minimum absolute atomic E-state index is 0.0489. The van der Waals surface area contributed by atoms with E-state index in [0.717, 1.165) is 18.7 Å². The molecule has 0 atom stereocenters. The molecule has 2 rings (SSSR count). The molecular weight excluding hydrogens is 202 g/mol. The molecule has 0 saturated heterocycles. The summed E-state index contributed by atoms with van der Waals surface area (Å²) in [6.07, 6.45) is 3.41. The molecule has 1 aromatic heterocycles. The summed E-state index contributed by atoms with van der Waals surface area (Å²) >= 11 is 0. The van der Waals surface area contributed by atoms with Crippen LogP contribution in [-0.2, 0) is 0 Å². The number of amides is 1. The number of rotatable bonds is 1. The van der Waals surface area contributed by atoms with Crippen LogP contribution in [-0.4, -0.2) is 22.3 Å². The van der Waals surface area contributed by atoms with Crippen LogP contribution >= 0.6 is 0 Å². The fourth-order valence-electron chi connectivity index (χ4n) is 1.68. The summed E-state index contributed by atoms with van der Waals surface area (Å²) in [7, 11) is 0. The Morgan fingerprint density at radius 3 is 2.81 bits per heavy atom. The quantitative estimate of drug-likeness (QED) is 0.779. The highest BCUT2D eigenvalue weighted by Gasteiger charge is 2.25. The van der Waals surface area contributed by atoms with Gasteiger partial charge in [-0.3, -0.25) is 14.8 Å². The molecule has 2 heterocycles. The Kier molecular flexibility index (Phi) is 2.73. The van der Waals surface area contributed by atoms with Crippen LogP contribution in [0.15, 0.2) is 29.4 Å². The summed E-state index contributed by atoms with van der Waals surface area (Å²) in [6, 6.07) is 5.27. The van der Waals surface area contributed by atoms with Gasteiger partial charge >= 0.3 is 0 Å². The summed E-state index contributed by atoms with van der Waals surface area (Å²) in [4.78, 5) is 20.2. The highest BCUT2D eigenvalue weighted by molar-refractivity contribution is 6.05. The van der Waals surface area contributed by atoms with Crippen LogP contribution in [0.5, 0.6) is 0 Å². The average Bonchev–Trinajstić information content (AvgIpc) is 2.59. The molecule has 1 aliphatic heterocycles. The van der Waals surface area contributed by atoms with E-state index in [9.17, 15) is 4.79 Å². The standard InChI is InChI=1S/C12H15N3O/c1-12(2)7-6-10(15-12)14-11(16)9-5-3-4-8-13-9/h3-5,8H,6-7H2,1-2H3,(H,14,15,16). The fourth-order valence-corrected chi connectivity index (χ4v) is 1.68. The van der Waals surface area contributed by atoms with Crippen LogP contribution in [0.4, 0.5) is 0 Å². The Morgan fingerprint density at radius 2 is 2.25 bits per heavy atom. The summed E-state index contributed by atoms with van der Waals surface area (Å²) in [5.41, 5.74) is 0.377. The zero-order valence-corrected chi connectivity index (χ0v) is 9.53.